The number of aromatic nitrogens is 2. The van der Waals surface area contributed by atoms with Gasteiger partial charge < -0.3 is 24.6 Å². The van der Waals surface area contributed by atoms with Gasteiger partial charge in [0.2, 0.25) is 11.8 Å². The highest BCUT2D eigenvalue weighted by Crippen LogP contribution is 2.41. The standard InChI is InChI=1S/C45H56N6O6.3H2S/c1-9-35-32(14-12-18-46-35)41-34-25-45(6,7)26-57-44(56)36-15-13-19-51(48-36)43(55)37(47-42(54)40(27(4)5)49(8)39(53)10-2)22-28-20-30(23-31(52)21-28)29-16-17-38(33(34)24-29)50(41)11-3;;;/h10,12,14,16-18,20-21,23-24,27,36-37,40,48,52H,2,9,11,13,15,19,22,25-26H2,1,3-8H3,(H,47,54);3*1H2/t36-,37-,40-;;;/m0.../s1. The topological polar surface area (TPSA) is 146 Å². The first-order chi connectivity index (χ1) is 27.2. The number of carbonyl (C=O) groups is 4. The number of benzene rings is 2. The Hall–Kier alpha value is -4.44. The van der Waals surface area contributed by atoms with Gasteiger partial charge in [-0.3, -0.25) is 29.2 Å². The molecule has 0 saturated carbocycles. The smallest absolute Gasteiger partial charge is 0.324 e. The van der Waals surface area contributed by atoms with Crippen LogP contribution in [0.1, 0.15) is 71.2 Å². The van der Waals surface area contributed by atoms with E-state index in [0.717, 1.165) is 63.6 Å². The zero-order chi connectivity index (χ0) is 41.2. The number of fused-ring (bicyclic) bond motifs is 6. The number of hydrogen-bond acceptors (Lipinski definition) is 8. The van der Waals surface area contributed by atoms with Crippen LogP contribution in [0.2, 0.25) is 0 Å². The quantitative estimate of drug-likeness (QED) is 0.138. The van der Waals surface area contributed by atoms with Crippen molar-refractivity contribution in [3.05, 3.63) is 84.2 Å². The Morgan fingerprint density at radius 2 is 1.83 bits per heavy atom. The lowest BCUT2D eigenvalue weighted by Crippen LogP contribution is -2.62. The highest BCUT2D eigenvalue weighted by atomic mass is 32.1. The van der Waals surface area contributed by atoms with Crippen LogP contribution in [0.4, 0.5) is 0 Å². The number of hydrazine groups is 1. The van der Waals surface area contributed by atoms with Crippen molar-refractivity contribution in [2.24, 2.45) is 11.3 Å². The number of pyridine rings is 1. The molecule has 2 aliphatic rings. The average molecular weight is 879 g/mol. The van der Waals surface area contributed by atoms with E-state index < -0.39 is 47.2 Å². The Bertz CT molecular complexity index is 2210. The molecule has 12 nitrogen and oxygen atoms in total. The minimum atomic E-state index is -1.11. The fourth-order valence-corrected chi connectivity index (χ4v) is 8.41. The molecule has 4 aromatic rings. The van der Waals surface area contributed by atoms with Crippen molar-refractivity contribution in [3.63, 3.8) is 0 Å². The molecule has 0 unspecified atom stereocenters. The number of esters is 1. The molecule has 6 bridgehead atoms. The van der Waals surface area contributed by atoms with E-state index in [1.54, 1.807) is 12.1 Å². The fraction of sp³-hybridized carbons (Fsp3) is 0.444. The van der Waals surface area contributed by atoms with Crippen molar-refractivity contribution in [1.29, 1.82) is 0 Å². The molecule has 2 aromatic carbocycles. The number of nitrogens with zero attached hydrogens (tertiary/aromatic N) is 4. The number of aryl methyl sites for hydroxylation is 2. The molecule has 326 valence electrons. The molecule has 60 heavy (non-hydrogen) atoms. The molecule has 4 heterocycles. The number of cyclic esters (lactones) is 1. The van der Waals surface area contributed by atoms with Crippen molar-refractivity contribution >= 4 is 75.1 Å². The van der Waals surface area contributed by atoms with Crippen molar-refractivity contribution in [2.45, 2.75) is 98.3 Å². The molecule has 3 N–H and O–H groups in total. The van der Waals surface area contributed by atoms with Gasteiger partial charge in [0.05, 0.1) is 12.3 Å². The van der Waals surface area contributed by atoms with Crippen LogP contribution in [-0.4, -0.2) is 86.6 Å². The molecule has 15 heteroatoms. The molecule has 6 rings (SSSR count). The second kappa shape index (κ2) is 20.9. The zero-order valence-corrected chi connectivity index (χ0v) is 38.7. The summed E-state index contributed by atoms with van der Waals surface area (Å²) in [5.41, 5.74) is 10.2. The highest BCUT2D eigenvalue weighted by Gasteiger charge is 2.37. The van der Waals surface area contributed by atoms with Gasteiger partial charge in [0.1, 0.15) is 23.9 Å². The summed E-state index contributed by atoms with van der Waals surface area (Å²) in [6.07, 6.45) is 5.37. The fourth-order valence-electron chi connectivity index (χ4n) is 8.41. The molecule has 3 atom stereocenters. The SMILES string of the molecule is C=CC(=O)N(C)[C@H](C(=O)N[C@H]1Cc2cc(O)cc(c2)-c2ccc3c(c2)c(c(-c2cccnc2CC)n3CC)CC(C)(C)COC(=O)[C@@H]2CCCN(N2)C1=O)C(C)C.S.S.S. The Balaban J connectivity index is 0.00000320. The number of ether oxygens (including phenoxy) is 1. The number of rotatable bonds is 8. The van der Waals surface area contributed by atoms with Gasteiger partial charge >= 0.3 is 5.97 Å². The van der Waals surface area contributed by atoms with Crippen LogP contribution in [0.3, 0.4) is 0 Å². The van der Waals surface area contributed by atoms with Gasteiger partial charge in [-0.25, -0.2) is 5.43 Å². The third kappa shape index (κ3) is 10.5. The van der Waals surface area contributed by atoms with Gasteiger partial charge in [-0.2, -0.15) is 40.5 Å². The van der Waals surface area contributed by atoms with Crippen LogP contribution < -0.4 is 10.7 Å². The Morgan fingerprint density at radius 3 is 2.50 bits per heavy atom. The Kier molecular flexibility index (Phi) is 17.4. The number of amides is 3. The van der Waals surface area contributed by atoms with E-state index in [-0.39, 0.29) is 65.2 Å². The first-order valence-electron chi connectivity index (χ1n) is 20.0. The van der Waals surface area contributed by atoms with E-state index in [1.165, 1.54) is 17.0 Å². The van der Waals surface area contributed by atoms with E-state index >= 15 is 0 Å². The molecular formula is C45H62N6O6S3. The average Bonchev–Trinajstić information content (AvgIpc) is 3.49. The summed E-state index contributed by atoms with van der Waals surface area (Å²) >= 11 is 0. The minimum absolute atomic E-state index is 0. The molecule has 3 amide bonds. The molecule has 0 radical (unpaired) electrons. The summed E-state index contributed by atoms with van der Waals surface area (Å²) in [6, 6.07) is 12.9. The summed E-state index contributed by atoms with van der Waals surface area (Å²) < 4.78 is 8.38. The number of phenols is 1. The van der Waals surface area contributed by atoms with E-state index in [0.29, 0.717) is 31.4 Å². The highest BCUT2D eigenvalue weighted by molar-refractivity contribution is 7.59. The van der Waals surface area contributed by atoms with Crippen LogP contribution in [0.15, 0.2) is 67.4 Å². The molecular weight excluding hydrogens is 817 g/mol. The predicted octanol–water partition coefficient (Wildman–Crippen LogP) is 6.31. The predicted molar refractivity (Wildman–Crippen MR) is 252 cm³/mol. The Morgan fingerprint density at radius 1 is 1.10 bits per heavy atom. The second-order valence-corrected chi connectivity index (χ2v) is 16.4. The number of aromatic hydroxyl groups is 1. The summed E-state index contributed by atoms with van der Waals surface area (Å²) in [5.74, 6) is -2.11. The monoisotopic (exact) mass is 878 g/mol. The summed E-state index contributed by atoms with van der Waals surface area (Å²) in [7, 11) is 1.53. The Labute approximate surface area is 374 Å². The molecule has 0 spiro atoms. The van der Waals surface area contributed by atoms with E-state index in [9.17, 15) is 24.3 Å². The largest absolute Gasteiger partial charge is 0.508 e. The van der Waals surface area contributed by atoms with Gasteiger partial charge in [-0.05, 0) is 103 Å². The van der Waals surface area contributed by atoms with E-state index in [4.69, 9.17) is 9.72 Å². The number of phenolic OH excluding ortho intramolecular Hbond substituents is 1. The third-order valence-electron chi connectivity index (χ3n) is 11.2. The van der Waals surface area contributed by atoms with Gasteiger partial charge in [0.15, 0.2) is 0 Å². The maximum atomic E-state index is 14.4. The zero-order valence-electron chi connectivity index (χ0n) is 35.7. The molecule has 2 aliphatic heterocycles. The van der Waals surface area contributed by atoms with Gasteiger partial charge in [0.25, 0.3) is 5.91 Å². The molecule has 2 aromatic heterocycles. The van der Waals surface area contributed by atoms with Gasteiger partial charge in [-0.15, -0.1) is 0 Å². The van der Waals surface area contributed by atoms with Crippen LogP contribution in [0, 0.1) is 11.3 Å². The van der Waals surface area contributed by atoms with Crippen molar-refractivity contribution < 1.29 is 29.0 Å². The normalized spacial score (nSPS) is 18.2. The lowest BCUT2D eigenvalue weighted by molar-refractivity contribution is -0.155. The van der Waals surface area contributed by atoms with E-state index in [2.05, 4.69) is 67.8 Å². The summed E-state index contributed by atoms with van der Waals surface area (Å²) in [4.78, 5) is 60.9. The van der Waals surface area contributed by atoms with Crippen LogP contribution >= 0.6 is 40.5 Å². The summed E-state index contributed by atoms with van der Waals surface area (Å²) in [5, 5.41) is 16.5. The number of likely N-dealkylation sites (N-methyl/N-ethyl adjacent to an activating group) is 1. The lowest BCUT2D eigenvalue weighted by Gasteiger charge is -2.36. The minimum Gasteiger partial charge on any atom is -0.508 e. The first kappa shape index (κ1) is 49.9. The maximum Gasteiger partial charge on any atom is 0.324 e. The van der Waals surface area contributed by atoms with E-state index in [1.807, 2.05) is 38.2 Å². The summed E-state index contributed by atoms with van der Waals surface area (Å²) in [6.45, 7) is 16.8. The van der Waals surface area contributed by atoms with Gasteiger partial charge in [0, 0.05) is 60.3 Å². The molecule has 0 aliphatic carbocycles. The maximum absolute atomic E-state index is 14.4. The van der Waals surface area contributed by atoms with Crippen molar-refractivity contribution in [1.82, 2.24) is 30.2 Å². The molecule has 1 saturated heterocycles. The second-order valence-electron chi connectivity index (χ2n) is 16.4. The van der Waals surface area contributed by atoms with Crippen molar-refractivity contribution in [3.8, 4) is 28.1 Å². The van der Waals surface area contributed by atoms with Gasteiger partial charge in [-0.1, -0.05) is 53.3 Å². The van der Waals surface area contributed by atoms with Crippen LogP contribution in [0.25, 0.3) is 33.3 Å². The van der Waals surface area contributed by atoms with Crippen LogP contribution in [-0.2, 0) is 49.7 Å². The molecule has 1 fully saturated rings. The number of nitrogens with one attached hydrogen (secondary N) is 2. The first-order valence-corrected chi connectivity index (χ1v) is 20.0. The third-order valence-corrected chi connectivity index (χ3v) is 11.2. The number of carbonyl (C=O) groups excluding carboxylic acids is 4. The lowest BCUT2D eigenvalue weighted by atomic mass is 9.84. The van der Waals surface area contributed by atoms with Crippen molar-refractivity contribution in [2.75, 3.05) is 20.2 Å². The number of hydrogen-bond donors (Lipinski definition) is 3. The van der Waals surface area contributed by atoms with Crippen LogP contribution in [0.5, 0.6) is 5.75 Å².